The summed E-state index contributed by atoms with van der Waals surface area (Å²) in [7, 11) is 1.51. The molecular weight excluding hydrogens is 532 g/mol. The minimum atomic E-state index is -2.10. The van der Waals surface area contributed by atoms with Gasteiger partial charge in [0.15, 0.2) is 22.3 Å². The maximum atomic E-state index is 12.2. The van der Waals surface area contributed by atoms with Crippen molar-refractivity contribution in [3.8, 4) is 5.88 Å². The van der Waals surface area contributed by atoms with Crippen LogP contribution in [-0.4, -0.2) is 56.6 Å². The van der Waals surface area contributed by atoms with E-state index < -0.39 is 8.32 Å². The van der Waals surface area contributed by atoms with Crippen LogP contribution in [-0.2, 0) is 14.1 Å². The highest BCUT2D eigenvalue weighted by Gasteiger charge is 2.47. The molecule has 0 radical (unpaired) electrons. The van der Waals surface area contributed by atoms with Crippen molar-refractivity contribution in [2.45, 2.75) is 58.2 Å². The summed E-state index contributed by atoms with van der Waals surface area (Å²) in [6, 6.07) is 3.15. The highest BCUT2D eigenvalue weighted by molar-refractivity contribution is 6.78. The smallest absolute Gasteiger partial charge is 0.279 e. The van der Waals surface area contributed by atoms with E-state index in [0.717, 1.165) is 0 Å². The number of aryl methyl sites for hydroxylation is 2. The molecule has 0 bridgehead atoms. The number of aromatic nitrogens is 10. The second kappa shape index (κ2) is 9.66. The molecule has 212 valence electrons. The van der Waals surface area contributed by atoms with E-state index in [1.165, 1.54) is 16.9 Å². The summed E-state index contributed by atoms with van der Waals surface area (Å²) in [5, 5.41) is 7.23. The van der Waals surface area contributed by atoms with Crippen LogP contribution in [0.2, 0.25) is 16.6 Å². The van der Waals surface area contributed by atoms with Gasteiger partial charge in [0, 0.05) is 26.2 Å². The van der Waals surface area contributed by atoms with E-state index in [4.69, 9.17) is 4.43 Å². The Bertz CT molecular complexity index is 2010. The van der Waals surface area contributed by atoms with Crippen LogP contribution in [0, 0.1) is 0 Å². The minimum Gasteiger partial charge on any atom is -0.529 e. The third-order valence-electron chi connectivity index (χ3n) is 7.54. The fourth-order valence-electron chi connectivity index (χ4n) is 5.88. The second-order valence-corrected chi connectivity index (χ2v) is 16.4. The molecule has 0 spiro atoms. The lowest BCUT2D eigenvalue weighted by atomic mass is 10.5. The molecular formula is C25H34N10O4Si. The highest BCUT2D eigenvalue weighted by Crippen LogP contribution is 2.42. The number of hydrogen-bond acceptors (Lipinski definition) is 7. The zero-order valence-corrected chi connectivity index (χ0v) is 24.8. The van der Waals surface area contributed by atoms with Crippen LogP contribution in [0.5, 0.6) is 5.88 Å². The summed E-state index contributed by atoms with van der Waals surface area (Å²) >= 11 is 0. The molecule has 3 N–H and O–H groups in total. The van der Waals surface area contributed by atoms with Crippen molar-refractivity contribution in [2.75, 3.05) is 0 Å². The number of fused-ring (bicyclic) bond motifs is 6. The Kier molecular flexibility index (Phi) is 6.56. The van der Waals surface area contributed by atoms with E-state index in [2.05, 4.69) is 71.7 Å². The first-order valence-electron chi connectivity index (χ1n) is 13.1. The SMILES string of the molecule is CC(C)[Si](Oc1cc2[nH]c(=O)c3ncn(C)c3n2n1)(C(C)C)C(C)C.Cn1cnc2c(=O)[nH]c3cc(=O)[nH]n3c21. The van der Waals surface area contributed by atoms with Crippen molar-refractivity contribution in [3.05, 3.63) is 55.8 Å². The fraction of sp³-hybridized carbons (Fsp3) is 0.440. The lowest BCUT2D eigenvalue weighted by molar-refractivity contribution is 0.461. The Hall–Kier alpha value is -4.40. The maximum absolute atomic E-state index is 12.2. The van der Waals surface area contributed by atoms with Gasteiger partial charge in [0.05, 0.1) is 12.7 Å². The molecule has 0 unspecified atom stereocenters. The van der Waals surface area contributed by atoms with Gasteiger partial charge >= 0.3 is 0 Å². The lowest BCUT2D eigenvalue weighted by Crippen LogP contribution is -2.50. The zero-order chi connectivity index (χ0) is 29.1. The predicted octanol–water partition coefficient (Wildman–Crippen LogP) is 2.67. The van der Waals surface area contributed by atoms with E-state index in [1.54, 1.807) is 27.0 Å². The Morgan fingerprint density at radius 1 is 0.775 bits per heavy atom. The summed E-state index contributed by atoms with van der Waals surface area (Å²) in [4.78, 5) is 48.5. The first kappa shape index (κ1) is 27.2. The van der Waals surface area contributed by atoms with E-state index in [0.29, 0.717) is 56.1 Å². The van der Waals surface area contributed by atoms with Gasteiger partial charge in [-0.3, -0.25) is 19.5 Å². The number of imidazole rings is 2. The van der Waals surface area contributed by atoms with Crippen LogP contribution < -0.4 is 21.1 Å². The van der Waals surface area contributed by atoms with E-state index >= 15 is 0 Å². The van der Waals surface area contributed by atoms with Crippen LogP contribution in [0.15, 0.2) is 39.2 Å². The Balaban J connectivity index is 0.000000182. The van der Waals surface area contributed by atoms with Crippen molar-refractivity contribution >= 4 is 41.9 Å². The van der Waals surface area contributed by atoms with E-state index in [9.17, 15) is 14.4 Å². The molecule has 0 amide bonds. The molecule has 0 aliphatic heterocycles. The van der Waals surface area contributed by atoms with Crippen molar-refractivity contribution in [1.29, 1.82) is 0 Å². The molecule has 0 saturated heterocycles. The topological polar surface area (TPSA) is 165 Å². The molecule has 6 heterocycles. The quantitative estimate of drug-likeness (QED) is 0.270. The number of nitrogens with zero attached hydrogens (tertiary/aromatic N) is 7. The third-order valence-corrected chi connectivity index (χ3v) is 13.5. The van der Waals surface area contributed by atoms with Crippen molar-refractivity contribution < 1.29 is 4.43 Å². The Labute approximate surface area is 228 Å². The molecule has 6 aromatic rings. The van der Waals surface area contributed by atoms with Gasteiger partial charge in [-0.15, -0.1) is 5.10 Å². The molecule has 0 atom stereocenters. The molecule has 0 aliphatic carbocycles. The molecule has 15 heteroatoms. The monoisotopic (exact) mass is 566 g/mol. The number of H-pyrrole nitrogens is 3. The second-order valence-electron chi connectivity index (χ2n) is 11.0. The summed E-state index contributed by atoms with van der Waals surface area (Å²) in [6.07, 6.45) is 3.15. The standard InChI is InChI=1S/C17H27N5O2Si.C8H7N5O2/c1-10(2)25(11(3)4,12(5)6)24-14-8-13-19-16(23)15-17(22(13)20-14)21(7)9-18-15;1-12-3-9-6-7(15)10-4-2-5(14)11-13(4)8(6)12/h8-12H,1-7H3,(H,19,23);2-3H,1H3,(H,10,15)(H,11,14). The molecule has 6 rings (SSSR count). The minimum absolute atomic E-state index is 0.213. The molecule has 0 saturated carbocycles. The number of aromatic amines is 3. The van der Waals surface area contributed by atoms with Crippen LogP contribution in [0.3, 0.4) is 0 Å². The predicted molar refractivity (Wildman–Crippen MR) is 155 cm³/mol. The van der Waals surface area contributed by atoms with Gasteiger partial charge < -0.3 is 23.5 Å². The van der Waals surface area contributed by atoms with E-state index in [1.807, 2.05) is 13.1 Å². The normalized spacial score (nSPS) is 12.5. The largest absolute Gasteiger partial charge is 0.529 e. The first-order chi connectivity index (χ1) is 18.8. The van der Waals surface area contributed by atoms with Gasteiger partial charge in [-0.25, -0.2) is 14.5 Å². The number of hydrogen-bond donors (Lipinski definition) is 3. The van der Waals surface area contributed by atoms with Crippen molar-refractivity contribution in [2.24, 2.45) is 14.1 Å². The van der Waals surface area contributed by atoms with Crippen LogP contribution in [0.4, 0.5) is 0 Å². The zero-order valence-electron chi connectivity index (χ0n) is 23.8. The van der Waals surface area contributed by atoms with E-state index in [-0.39, 0.29) is 16.7 Å². The summed E-state index contributed by atoms with van der Waals surface area (Å²) in [5.41, 5.74) is 3.54. The number of nitrogens with one attached hydrogen (secondary N) is 3. The lowest BCUT2D eigenvalue weighted by Gasteiger charge is -2.41. The van der Waals surface area contributed by atoms with Gasteiger partial charge in [0.25, 0.3) is 25.0 Å². The van der Waals surface area contributed by atoms with Gasteiger partial charge in [-0.1, -0.05) is 41.5 Å². The first-order valence-corrected chi connectivity index (χ1v) is 15.3. The maximum Gasteiger partial charge on any atom is 0.279 e. The van der Waals surface area contributed by atoms with Gasteiger partial charge in [-0.2, -0.15) is 4.52 Å². The molecule has 14 nitrogen and oxygen atoms in total. The average Bonchev–Trinajstić information content (AvgIpc) is 3.63. The highest BCUT2D eigenvalue weighted by atomic mass is 28.4. The third kappa shape index (κ3) is 4.16. The fourth-order valence-corrected chi connectivity index (χ4v) is 11.0. The van der Waals surface area contributed by atoms with Gasteiger partial charge in [-0.05, 0) is 16.6 Å². The molecule has 0 aliphatic rings. The van der Waals surface area contributed by atoms with Crippen molar-refractivity contribution in [1.82, 2.24) is 48.3 Å². The molecule has 0 aromatic carbocycles. The van der Waals surface area contributed by atoms with Crippen LogP contribution in [0.1, 0.15) is 41.5 Å². The molecule has 6 aromatic heterocycles. The summed E-state index contributed by atoms with van der Waals surface area (Å²) in [6.45, 7) is 13.4. The van der Waals surface area contributed by atoms with Crippen LogP contribution in [0.25, 0.3) is 33.6 Å². The summed E-state index contributed by atoms with van der Waals surface area (Å²) in [5.74, 6) is 0.576. The molecule has 40 heavy (non-hydrogen) atoms. The number of rotatable bonds is 5. The van der Waals surface area contributed by atoms with Gasteiger partial charge in [0.2, 0.25) is 5.88 Å². The average molecular weight is 567 g/mol. The Morgan fingerprint density at radius 3 is 1.88 bits per heavy atom. The summed E-state index contributed by atoms with van der Waals surface area (Å²) < 4.78 is 13.3. The van der Waals surface area contributed by atoms with Gasteiger partial charge in [0.1, 0.15) is 11.3 Å². The van der Waals surface area contributed by atoms with Crippen molar-refractivity contribution in [3.63, 3.8) is 0 Å². The van der Waals surface area contributed by atoms with Crippen LogP contribution >= 0.6 is 0 Å². The Morgan fingerprint density at radius 2 is 1.30 bits per heavy atom. The molecule has 0 fully saturated rings.